The van der Waals surface area contributed by atoms with Crippen molar-refractivity contribution in [2.75, 3.05) is 13.1 Å². The van der Waals surface area contributed by atoms with Gasteiger partial charge in [-0.3, -0.25) is 4.79 Å². The van der Waals surface area contributed by atoms with E-state index in [9.17, 15) is 4.79 Å². The van der Waals surface area contributed by atoms with E-state index in [0.717, 1.165) is 41.4 Å². The van der Waals surface area contributed by atoms with Crippen LogP contribution in [-0.4, -0.2) is 23.9 Å². The molecular weight excluding hydrogens is 366 g/mol. The first-order chi connectivity index (χ1) is 11.7. The van der Waals surface area contributed by atoms with Crippen LogP contribution in [0.25, 0.3) is 11.0 Å². The van der Waals surface area contributed by atoms with Crippen LogP contribution in [0.15, 0.2) is 63.5 Å². The molecule has 0 aliphatic carbocycles. The Labute approximate surface area is 149 Å². The summed E-state index contributed by atoms with van der Waals surface area (Å²) in [5.74, 6) is 0.958. The highest BCUT2D eigenvalue weighted by Gasteiger charge is 2.26. The van der Waals surface area contributed by atoms with E-state index in [4.69, 9.17) is 4.42 Å². The minimum Gasteiger partial charge on any atom is -0.450 e. The van der Waals surface area contributed by atoms with Crippen LogP contribution in [0.3, 0.4) is 0 Å². The Bertz CT molecular complexity index is 864. The van der Waals surface area contributed by atoms with Crippen LogP contribution >= 0.6 is 15.9 Å². The molecule has 0 spiro atoms. The minimum absolute atomic E-state index is 0.00962. The summed E-state index contributed by atoms with van der Waals surface area (Å²) in [6, 6.07) is 18.2. The first kappa shape index (κ1) is 15.5. The van der Waals surface area contributed by atoms with Gasteiger partial charge in [0, 0.05) is 18.5 Å². The number of carbonyl (C=O) groups excluding carboxylic acids is 1. The number of rotatable bonds is 2. The van der Waals surface area contributed by atoms with Crippen molar-refractivity contribution in [1.82, 2.24) is 4.90 Å². The molecule has 24 heavy (non-hydrogen) atoms. The molecule has 2 heterocycles. The highest BCUT2D eigenvalue weighted by molar-refractivity contribution is 9.10. The quantitative estimate of drug-likeness (QED) is 0.607. The van der Waals surface area contributed by atoms with Crippen LogP contribution in [-0.2, 0) is 0 Å². The van der Waals surface area contributed by atoms with Gasteiger partial charge in [-0.25, -0.2) is 0 Å². The van der Waals surface area contributed by atoms with E-state index in [1.807, 2.05) is 35.2 Å². The minimum atomic E-state index is -0.00962. The number of nitrogens with zero attached hydrogens (tertiary/aromatic N) is 1. The van der Waals surface area contributed by atoms with Crippen molar-refractivity contribution in [2.24, 2.45) is 0 Å². The van der Waals surface area contributed by atoms with Gasteiger partial charge in [-0.05, 0) is 52.4 Å². The van der Waals surface area contributed by atoms with Crippen molar-refractivity contribution in [3.63, 3.8) is 0 Å². The highest BCUT2D eigenvalue weighted by Crippen LogP contribution is 2.30. The van der Waals surface area contributed by atoms with Crippen LogP contribution in [0.5, 0.6) is 0 Å². The average Bonchev–Trinajstić information content (AvgIpc) is 3.08. The Morgan fingerprint density at radius 1 is 1.04 bits per heavy atom. The van der Waals surface area contributed by atoms with Crippen molar-refractivity contribution in [3.05, 3.63) is 70.4 Å². The maximum Gasteiger partial charge on any atom is 0.289 e. The third kappa shape index (κ3) is 2.86. The van der Waals surface area contributed by atoms with Gasteiger partial charge in [0.15, 0.2) is 5.76 Å². The van der Waals surface area contributed by atoms with Gasteiger partial charge in [0.05, 0.1) is 4.47 Å². The van der Waals surface area contributed by atoms with E-state index in [2.05, 4.69) is 40.2 Å². The summed E-state index contributed by atoms with van der Waals surface area (Å²) >= 11 is 3.47. The fourth-order valence-electron chi connectivity index (χ4n) is 3.43. The third-order valence-corrected chi connectivity index (χ3v) is 5.38. The van der Waals surface area contributed by atoms with Crippen LogP contribution < -0.4 is 0 Å². The van der Waals surface area contributed by atoms with Crippen LogP contribution in [0, 0.1) is 0 Å². The standard InChI is InChI=1S/C20H18BrNO2/c21-17-8-4-7-16-13-18(24-19(16)17)20(23)22-11-9-15(10-12-22)14-5-2-1-3-6-14/h1-8,13,15H,9-12H2. The molecule has 1 aliphatic heterocycles. The summed E-state index contributed by atoms with van der Waals surface area (Å²) in [6.07, 6.45) is 2.00. The molecule has 2 aromatic carbocycles. The molecule has 0 saturated carbocycles. The molecule has 1 fully saturated rings. The molecule has 4 rings (SSSR count). The topological polar surface area (TPSA) is 33.5 Å². The van der Waals surface area contributed by atoms with Crippen molar-refractivity contribution in [2.45, 2.75) is 18.8 Å². The molecule has 1 aromatic heterocycles. The molecule has 0 bridgehead atoms. The molecule has 1 amide bonds. The van der Waals surface area contributed by atoms with Gasteiger partial charge in [-0.15, -0.1) is 0 Å². The number of hydrogen-bond donors (Lipinski definition) is 0. The lowest BCUT2D eigenvalue weighted by atomic mass is 9.89. The molecule has 1 aliphatic rings. The largest absolute Gasteiger partial charge is 0.450 e. The Kier molecular flexibility index (Phi) is 4.15. The predicted octanol–water partition coefficient (Wildman–Crippen LogP) is 5.22. The lowest BCUT2D eigenvalue weighted by molar-refractivity contribution is 0.0683. The maximum absolute atomic E-state index is 12.7. The second kappa shape index (κ2) is 6.44. The third-order valence-electron chi connectivity index (χ3n) is 4.76. The Balaban J connectivity index is 1.48. The number of piperidine rings is 1. The lowest BCUT2D eigenvalue weighted by Gasteiger charge is -2.31. The van der Waals surface area contributed by atoms with E-state index < -0.39 is 0 Å². The fraction of sp³-hybridized carbons (Fsp3) is 0.250. The van der Waals surface area contributed by atoms with Crippen molar-refractivity contribution in [1.29, 1.82) is 0 Å². The smallest absolute Gasteiger partial charge is 0.289 e. The number of halogens is 1. The summed E-state index contributed by atoms with van der Waals surface area (Å²) in [6.45, 7) is 1.55. The van der Waals surface area contributed by atoms with Crippen molar-refractivity contribution in [3.8, 4) is 0 Å². The Morgan fingerprint density at radius 3 is 2.50 bits per heavy atom. The predicted molar refractivity (Wildman–Crippen MR) is 98.2 cm³/mol. The first-order valence-corrected chi connectivity index (χ1v) is 9.04. The second-order valence-electron chi connectivity index (χ2n) is 6.25. The lowest BCUT2D eigenvalue weighted by Crippen LogP contribution is -2.37. The van der Waals surface area contributed by atoms with Crippen molar-refractivity contribution >= 4 is 32.8 Å². The summed E-state index contributed by atoms with van der Waals surface area (Å²) in [5.41, 5.74) is 2.11. The highest BCUT2D eigenvalue weighted by atomic mass is 79.9. The molecule has 0 unspecified atom stereocenters. The molecule has 1 saturated heterocycles. The molecule has 0 atom stereocenters. The molecular formula is C20H18BrNO2. The van der Waals surface area contributed by atoms with Gasteiger partial charge in [0.2, 0.25) is 0 Å². The zero-order chi connectivity index (χ0) is 16.5. The number of amides is 1. The SMILES string of the molecule is O=C(c1cc2cccc(Br)c2o1)N1CCC(c2ccccc2)CC1. The number of hydrogen-bond acceptors (Lipinski definition) is 2. The van der Waals surface area contributed by atoms with E-state index in [-0.39, 0.29) is 5.91 Å². The molecule has 122 valence electrons. The van der Waals surface area contributed by atoms with Gasteiger partial charge >= 0.3 is 0 Å². The van der Waals surface area contributed by atoms with E-state index in [0.29, 0.717) is 11.7 Å². The Hall–Kier alpha value is -2.07. The summed E-state index contributed by atoms with van der Waals surface area (Å²) in [4.78, 5) is 14.6. The van der Waals surface area contributed by atoms with E-state index in [1.165, 1.54) is 5.56 Å². The number of furan rings is 1. The van der Waals surface area contributed by atoms with Gasteiger partial charge < -0.3 is 9.32 Å². The molecule has 4 heteroatoms. The van der Waals surface area contributed by atoms with Crippen LogP contribution in [0.4, 0.5) is 0 Å². The molecule has 3 nitrogen and oxygen atoms in total. The average molecular weight is 384 g/mol. The Morgan fingerprint density at radius 2 is 1.79 bits per heavy atom. The number of carbonyl (C=O) groups is 1. The summed E-state index contributed by atoms with van der Waals surface area (Å²) < 4.78 is 6.66. The number of para-hydroxylation sites is 1. The van der Waals surface area contributed by atoms with Gasteiger partial charge in [-0.2, -0.15) is 0 Å². The van der Waals surface area contributed by atoms with E-state index in [1.54, 1.807) is 0 Å². The molecule has 0 radical (unpaired) electrons. The first-order valence-electron chi connectivity index (χ1n) is 8.24. The monoisotopic (exact) mass is 383 g/mol. The zero-order valence-corrected chi connectivity index (χ0v) is 14.8. The number of benzene rings is 2. The fourth-order valence-corrected chi connectivity index (χ4v) is 3.89. The van der Waals surface area contributed by atoms with Gasteiger partial charge in [0.1, 0.15) is 5.58 Å². The van der Waals surface area contributed by atoms with Crippen LogP contribution in [0.1, 0.15) is 34.9 Å². The van der Waals surface area contributed by atoms with Crippen LogP contribution in [0.2, 0.25) is 0 Å². The molecule has 3 aromatic rings. The summed E-state index contributed by atoms with van der Waals surface area (Å²) in [7, 11) is 0. The van der Waals surface area contributed by atoms with Gasteiger partial charge in [-0.1, -0.05) is 42.5 Å². The summed E-state index contributed by atoms with van der Waals surface area (Å²) in [5, 5.41) is 0.951. The second-order valence-corrected chi connectivity index (χ2v) is 7.10. The maximum atomic E-state index is 12.7. The normalized spacial score (nSPS) is 15.8. The number of likely N-dealkylation sites (tertiary alicyclic amines) is 1. The zero-order valence-electron chi connectivity index (χ0n) is 13.2. The number of fused-ring (bicyclic) bond motifs is 1. The van der Waals surface area contributed by atoms with E-state index >= 15 is 0 Å². The van der Waals surface area contributed by atoms with Gasteiger partial charge in [0.25, 0.3) is 5.91 Å². The van der Waals surface area contributed by atoms with Crippen molar-refractivity contribution < 1.29 is 9.21 Å². The molecule has 0 N–H and O–H groups in total.